The van der Waals surface area contributed by atoms with Crippen molar-refractivity contribution in [2.24, 2.45) is 5.92 Å². The first-order chi connectivity index (χ1) is 12.5. The van der Waals surface area contributed by atoms with Crippen molar-refractivity contribution in [2.75, 3.05) is 11.5 Å². The smallest absolute Gasteiger partial charge is 0.221 e. The van der Waals surface area contributed by atoms with E-state index in [-0.39, 0.29) is 35.8 Å². The van der Waals surface area contributed by atoms with E-state index in [9.17, 15) is 13.2 Å². The lowest BCUT2D eigenvalue weighted by atomic mass is 10.0. The minimum atomic E-state index is -2.95. The number of sulfone groups is 1. The molecule has 2 atom stereocenters. The fourth-order valence-electron chi connectivity index (χ4n) is 3.45. The van der Waals surface area contributed by atoms with Crippen LogP contribution in [0.1, 0.15) is 48.2 Å². The third-order valence-corrected chi connectivity index (χ3v) is 7.56. The highest BCUT2D eigenvalue weighted by Crippen LogP contribution is 2.28. The van der Waals surface area contributed by atoms with E-state index in [1.54, 1.807) is 11.3 Å². The van der Waals surface area contributed by atoms with Crippen molar-refractivity contribution >= 4 is 27.1 Å². The largest absolute Gasteiger partial charge is 0.344 e. The lowest BCUT2D eigenvalue weighted by Crippen LogP contribution is -2.30. The van der Waals surface area contributed by atoms with Gasteiger partial charge in [0.2, 0.25) is 5.91 Å². The first kappa shape index (κ1) is 19.1. The van der Waals surface area contributed by atoms with Crippen LogP contribution in [0.5, 0.6) is 0 Å². The van der Waals surface area contributed by atoms with Gasteiger partial charge in [-0.25, -0.2) is 8.42 Å². The molecule has 1 aliphatic heterocycles. The van der Waals surface area contributed by atoms with Gasteiger partial charge >= 0.3 is 0 Å². The normalized spacial score (nSPS) is 20.0. The maximum atomic E-state index is 12.6. The number of aryl methyl sites for hydroxylation is 1. The Morgan fingerprint density at radius 1 is 1.27 bits per heavy atom. The lowest BCUT2D eigenvalue weighted by Gasteiger charge is -2.19. The molecule has 1 N–H and O–H groups in total. The van der Waals surface area contributed by atoms with Crippen LogP contribution in [0.3, 0.4) is 0 Å². The minimum Gasteiger partial charge on any atom is -0.344 e. The molecule has 6 heteroatoms. The molecule has 3 rings (SSSR count). The Bertz CT molecular complexity index is 826. The van der Waals surface area contributed by atoms with E-state index >= 15 is 0 Å². The van der Waals surface area contributed by atoms with Crippen LogP contribution >= 0.6 is 11.3 Å². The van der Waals surface area contributed by atoms with Crippen LogP contribution in [0.2, 0.25) is 0 Å². The Hall–Kier alpha value is -1.66. The molecule has 26 heavy (non-hydrogen) atoms. The Kier molecular flexibility index (Phi) is 6.14. The van der Waals surface area contributed by atoms with Crippen LogP contribution in [0.25, 0.3) is 0 Å². The summed E-state index contributed by atoms with van der Waals surface area (Å²) in [5.74, 6) is 0.201. The summed E-state index contributed by atoms with van der Waals surface area (Å²) in [5.41, 5.74) is 2.35. The third-order valence-electron chi connectivity index (χ3n) is 4.79. The Morgan fingerprint density at radius 2 is 2.04 bits per heavy atom. The summed E-state index contributed by atoms with van der Waals surface area (Å²) in [6.07, 6.45) is 3.02. The zero-order chi connectivity index (χ0) is 18.6. The molecule has 1 saturated heterocycles. The molecule has 4 nitrogen and oxygen atoms in total. The minimum absolute atomic E-state index is 0.0593. The second kappa shape index (κ2) is 8.35. The number of carbonyl (C=O) groups excluding carboxylic acids is 1. The van der Waals surface area contributed by atoms with Gasteiger partial charge < -0.3 is 5.32 Å². The fraction of sp³-hybridized carbons (Fsp3) is 0.450. The number of nitrogens with one attached hydrogen (secondary N) is 1. The topological polar surface area (TPSA) is 63.2 Å². The van der Waals surface area contributed by atoms with Gasteiger partial charge in [-0.1, -0.05) is 43.7 Å². The van der Waals surface area contributed by atoms with E-state index < -0.39 is 9.84 Å². The highest BCUT2D eigenvalue weighted by atomic mass is 32.2. The summed E-state index contributed by atoms with van der Waals surface area (Å²) in [7, 11) is -2.95. The highest BCUT2D eigenvalue weighted by Gasteiger charge is 2.30. The molecule has 1 aromatic heterocycles. The fourth-order valence-corrected chi connectivity index (χ4v) is 6.12. The highest BCUT2D eigenvalue weighted by molar-refractivity contribution is 7.91. The first-order valence-electron chi connectivity index (χ1n) is 9.09. The molecule has 2 aromatic rings. The van der Waals surface area contributed by atoms with Crippen molar-refractivity contribution < 1.29 is 13.2 Å². The summed E-state index contributed by atoms with van der Waals surface area (Å²) < 4.78 is 23.2. The Morgan fingerprint density at radius 3 is 2.62 bits per heavy atom. The van der Waals surface area contributed by atoms with E-state index in [1.165, 1.54) is 5.56 Å². The van der Waals surface area contributed by atoms with E-state index in [1.807, 2.05) is 17.5 Å². The maximum absolute atomic E-state index is 12.6. The Labute approximate surface area is 159 Å². The van der Waals surface area contributed by atoms with Gasteiger partial charge in [-0.3, -0.25) is 4.79 Å². The number of carbonyl (C=O) groups is 1. The molecular weight excluding hydrogens is 366 g/mol. The predicted molar refractivity (Wildman–Crippen MR) is 106 cm³/mol. The summed E-state index contributed by atoms with van der Waals surface area (Å²) in [6, 6.07) is 12.2. The van der Waals surface area contributed by atoms with Gasteiger partial charge in [0.1, 0.15) is 0 Å². The second-order valence-corrected chi connectivity index (χ2v) is 10.2. The van der Waals surface area contributed by atoms with Gasteiger partial charge in [0.15, 0.2) is 9.84 Å². The molecule has 1 aromatic carbocycles. The molecule has 2 heterocycles. The van der Waals surface area contributed by atoms with Crippen molar-refractivity contribution in [3.8, 4) is 0 Å². The van der Waals surface area contributed by atoms with E-state index in [0.717, 1.165) is 23.3 Å². The van der Waals surface area contributed by atoms with Crippen molar-refractivity contribution in [3.63, 3.8) is 0 Å². The van der Waals surface area contributed by atoms with Crippen LogP contribution in [0.15, 0.2) is 41.8 Å². The second-order valence-electron chi connectivity index (χ2n) is 6.98. The molecule has 0 saturated carbocycles. The average Bonchev–Trinajstić information content (AvgIpc) is 3.23. The molecule has 0 radical (unpaired) electrons. The quantitative estimate of drug-likeness (QED) is 0.782. The van der Waals surface area contributed by atoms with Crippen molar-refractivity contribution in [2.45, 2.75) is 38.6 Å². The van der Waals surface area contributed by atoms with Gasteiger partial charge in [0, 0.05) is 11.3 Å². The average molecular weight is 392 g/mol. The molecule has 1 aliphatic rings. The van der Waals surface area contributed by atoms with Crippen molar-refractivity contribution in [3.05, 3.63) is 57.8 Å². The summed E-state index contributed by atoms with van der Waals surface area (Å²) in [4.78, 5) is 13.6. The van der Waals surface area contributed by atoms with Crippen LogP contribution < -0.4 is 5.32 Å². The number of thiophene rings is 1. The standard InChI is InChI=1S/C20H25NO3S2/c1-2-4-15-6-8-17(9-7-15)20(18-5-3-11-25-18)21-19(22)13-16-10-12-26(23,24)14-16/h3,5-9,11,16,20H,2,4,10,12-14H2,1H3,(H,21,22). The van der Waals surface area contributed by atoms with Crippen LogP contribution in [0.4, 0.5) is 0 Å². The van der Waals surface area contributed by atoms with Crippen LogP contribution in [0, 0.1) is 5.92 Å². The van der Waals surface area contributed by atoms with E-state index in [2.05, 4.69) is 36.5 Å². The number of amides is 1. The molecule has 1 fully saturated rings. The van der Waals surface area contributed by atoms with Crippen molar-refractivity contribution in [1.82, 2.24) is 5.32 Å². The molecular formula is C20H25NO3S2. The predicted octanol–water partition coefficient (Wildman–Crippen LogP) is 3.73. The SMILES string of the molecule is CCCc1ccc(C(NC(=O)CC2CCS(=O)(=O)C2)c2cccs2)cc1. The first-order valence-corrected chi connectivity index (χ1v) is 11.8. The molecule has 1 amide bonds. The van der Waals surface area contributed by atoms with Crippen molar-refractivity contribution in [1.29, 1.82) is 0 Å². The van der Waals surface area contributed by atoms with Gasteiger partial charge in [0.05, 0.1) is 17.5 Å². The van der Waals surface area contributed by atoms with Gasteiger partial charge in [0.25, 0.3) is 0 Å². The maximum Gasteiger partial charge on any atom is 0.221 e. The monoisotopic (exact) mass is 391 g/mol. The number of hydrogen-bond acceptors (Lipinski definition) is 4. The van der Waals surface area contributed by atoms with Crippen LogP contribution in [-0.2, 0) is 21.1 Å². The van der Waals surface area contributed by atoms with Gasteiger partial charge in [-0.2, -0.15) is 0 Å². The summed E-state index contributed by atoms with van der Waals surface area (Å²) in [6.45, 7) is 2.16. The van der Waals surface area contributed by atoms with E-state index in [0.29, 0.717) is 6.42 Å². The Balaban J connectivity index is 1.71. The number of rotatable bonds is 7. The zero-order valence-corrected chi connectivity index (χ0v) is 16.6. The lowest BCUT2D eigenvalue weighted by molar-refractivity contribution is -0.122. The molecule has 140 valence electrons. The zero-order valence-electron chi connectivity index (χ0n) is 15.0. The molecule has 0 spiro atoms. The number of hydrogen-bond donors (Lipinski definition) is 1. The summed E-state index contributed by atoms with van der Waals surface area (Å²) >= 11 is 1.61. The molecule has 2 unspecified atom stereocenters. The van der Waals surface area contributed by atoms with Gasteiger partial charge in [-0.05, 0) is 41.3 Å². The van der Waals surface area contributed by atoms with Gasteiger partial charge in [-0.15, -0.1) is 11.3 Å². The third kappa shape index (κ3) is 4.95. The number of benzene rings is 1. The van der Waals surface area contributed by atoms with Crippen LogP contribution in [-0.4, -0.2) is 25.8 Å². The molecule has 0 bridgehead atoms. The van der Waals surface area contributed by atoms with E-state index in [4.69, 9.17) is 0 Å². The summed E-state index contributed by atoms with van der Waals surface area (Å²) in [5, 5.41) is 5.12. The molecule has 0 aliphatic carbocycles.